The van der Waals surface area contributed by atoms with Gasteiger partial charge in [-0.15, -0.1) is 0 Å². The number of amides is 4. The van der Waals surface area contributed by atoms with Gasteiger partial charge in [-0.05, 0) is 41.8 Å². The molecule has 4 amide bonds. The molecule has 9 heteroatoms. The van der Waals surface area contributed by atoms with Gasteiger partial charge in [0.25, 0.3) is 5.91 Å². The van der Waals surface area contributed by atoms with Crippen LogP contribution in [0.3, 0.4) is 0 Å². The molecule has 0 saturated carbocycles. The Balaban J connectivity index is 1.45. The van der Waals surface area contributed by atoms with Crippen molar-refractivity contribution in [2.45, 2.75) is 38.3 Å². The summed E-state index contributed by atoms with van der Waals surface area (Å²) in [6.45, 7) is 1.93. The standard InChI is InChI=1S/C23H24FN3O5/c1-2-3-10-23(16-5-7-17(24)8-6-16)21(29)27(22(30)26-23)13-20(28)25-12-15-4-9-18-19(11-15)32-14-31-18/h4-9,11H,2-3,10,12-14H2,1H3,(H,25,28)(H,26,30)/t23-/m0/s1. The second-order valence-corrected chi connectivity index (χ2v) is 7.80. The highest BCUT2D eigenvalue weighted by molar-refractivity contribution is 6.09. The van der Waals surface area contributed by atoms with Gasteiger partial charge in [-0.2, -0.15) is 0 Å². The molecule has 2 aliphatic rings. The number of carbonyl (C=O) groups is 3. The van der Waals surface area contributed by atoms with E-state index in [-0.39, 0.29) is 13.3 Å². The SMILES string of the molecule is CCCC[C@@]1(c2ccc(F)cc2)NC(=O)N(CC(=O)NCc2ccc3c(c2)OCO3)C1=O. The van der Waals surface area contributed by atoms with Crippen molar-refractivity contribution in [1.82, 2.24) is 15.5 Å². The molecule has 2 aromatic rings. The zero-order valence-corrected chi connectivity index (χ0v) is 17.7. The zero-order chi connectivity index (χ0) is 22.7. The number of imide groups is 1. The molecule has 2 aromatic carbocycles. The highest BCUT2D eigenvalue weighted by Crippen LogP contribution is 2.34. The fourth-order valence-corrected chi connectivity index (χ4v) is 3.91. The Kier molecular flexibility index (Phi) is 5.98. The van der Waals surface area contributed by atoms with Crippen molar-refractivity contribution in [3.8, 4) is 11.5 Å². The van der Waals surface area contributed by atoms with Crippen LogP contribution in [0.5, 0.6) is 11.5 Å². The lowest BCUT2D eigenvalue weighted by atomic mass is 9.85. The first-order chi connectivity index (χ1) is 15.4. The molecule has 32 heavy (non-hydrogen) atoms. The van der Waals surface area contributed by atoms with E-state index in [2.05, 4.69) is 10.6 Å². The van der Waals surface area contributed by atoms with Crippen molar-refractivity contribution in [3.63, 3.8) is 0 Å². The largest absolute Gasteiger partial charge is 0.454 e. The number of nitrogens with one attached hydrogen (secondary N) is 2. The lowest BCUT2D eigenvalue weighted by molar-refractivity contribution is -0.135. The van der Waals surface area contributed by atoms with E-state index >= 15 is 0 Å². The number of hydrogen-bond donors (Lipinski definition) is 2. The molecule has 2 N–H and O–H groups in total. The lowest BCUT2D eigenvalue weighted by Crippen LogP contribution is -2.45. The second kappa shape index (κ2) is 8.86. The third-order valence-corrected chi connectivity index (χ3v) is 5.65. The molecule has 0 bridgehead atoms. The van der Waals surface area contributed by atoms with Crippen LogP contribution in [0.15, 0.2) is 42.5 Å². The molecule has 8 nitrogen and oxygen atoms in total. The highest BCUT2D eigenvalue weighted by Gasteiger charge is 2.52. The third kappa shape index (κ3) is 4.10. The number of carbonyl (C=O) groups excluding carboxylic acids is 3. The molecular formula is C23H24FN3O5. The van der Waals surface area contributed by atoms with Crippen molar-refractivity contribution >= 4 is 17.8 Å². The van der Waals surface area contributed by atoms with Gasteiger partial charge >= 0.3 is 6.03 Å². The van der Waals surface area contributed by atoms with Crippen LogP contribution in [0.1, 0.15) is 37.3 Å². The van der Waals surface area contributed by atoms with Gasteiger partial charge in [0.1, 0.15) is 17.9 Å². The van der Waals surface area contributed by atoms with Gasteiger partial charge in [0.15, 0.2) is 11.5 Å². The quantitative estimate of drug-likeness (QED) is 0.614. The van der Waals surface area contributed by atoms with Gasteiger partial charge in [0.2, 0.25) is 12.7 Å². The van der Waals surface area contributed by atoms with Crippen LogP contribution in [0.25, 0.3) is 0 Å². The molecule has 2 aliphatic heterocycles. The number of nitrogens with zero attached hydrogens (tertiary/aromatic N) is 1. The Hall–Kier alpha value is -3.62. The molecule has 4 rings (SSSR count). The number of halogens is 1. The number of unbranched alkanes of at least 4 members (excludes halogenated alkanes) is 1. The Morgan fingerprint density at radius 2 is 1.91 bits per heavy atom. The monoisotopic (exact) mass is 441 g/mol. The van der Waals surface area contributed by atoms with E-state index in [0.29, 0.717) is 29.9 Å². The summed E-state index contributed by atoms with van der Waals surface area (Å²) < 4.78 is 24.0. The van der Waals surface area contributed by atoms with E-state index in [0.717, 1.165) is 16.9 Å². The minimum atomic E-state index is -1.31. The van der Waals surface area contributed by atoms with Crippen LogP contribution >= 0.6 is 0 Å². The Labute approximate surface area is 184 Å². The average Bonchev–Trinajstić information content (AvgIpc) is 3.35. The van der Waals surface area contributed by atoms with E-state index in [1.165, 1.54) is 24.3 Å². The van der Waals surface area contributed by atoms with Crippen LogP contribution in [-0.2, 0) is 21.7 Å². The van der Waals surface area contributed by atoms with Crippen LogP contribution in [-0.4, -0.2) is 36.1 Å². The summed E-state index contributed by atoms with van der Waals surface area (Å²) in [7, 11) is 0. The van der Waals surface area contributed by atoms with Gasteiger partial charge in [0.05, 0.1) is 0 Å². The number of urea groups is 1. The summed E-state index contributed by atoms with van der Waals surface area (Å²) in [6.07, 6.45) is 1.84. The van der Waals surface area contributed by atoms with Crippen LogP contribution in [0.2, 0.25) is 0 Å². The Morgan fingerprint density at radius 1 is 1.16 bits per heavy atom. The maximum Gasteiger partial charge on any atom is 0.325 e. The van der Waals surface area contributed by atoms with E-state index in [4.69, 9.17) is 9.47 Å². The number of benzene rings is 2. The van der Waals surface area contributed by atoms with E-state index in [1.807, 2.05) is 6.92 Å². The fraction of sp³-hybridized carbons (Fsp3) is 0.348. The van der Waals surface area contributed by atoms with Gasteiger partial charge in [-0.25, -0.2) is 9.18 Å². The average molecular weight is 441 g/mol. The predicted octanol–water partition coefficient (Wildman–Crippen LogP) is 2.81. The smallest absolute Gasteiger partial charge is 0.325 e. The van der Waals surface area contributed by atoms with Crippen molar-refractivity contribution < 1.29 is 28.2 Å². The van der Waals surface area contributed by atoms with Crippen LogP contribution in [0.4, 0.5) is 9.18 Å². The normalized spacial score (nSPS) is 19.2. The molecule has 1 fully saturated rings. The minimum absolute atomic E-state index is 0.158. The summed E-state index contributed by atoms with van der Waals surface area (Å²) in [5.74, 6) is -0.178. The summed E-state index contributed by atoms with van der Waals surface area (Å²) in [5, 5.41) is 5.47. The molecule has 0 spiro atoms. The molecule has 0 radical (unpaired) electrons. The van der Waals surface area contributed by atoms with Crippen molar-refractivity contribution in [2.24, 2.45) is 0 Å². The third-order valence-electron chi connectivity index (χ3n) is 5.65. The first kappa shape index (κ1) is 21.6. The van der Waals surface area contributed by atoms with Crippen molar-refractivity contribution in [1.29, 1.82) is 0 Å². The fourth-order valence-electron chi connectivity index (χ4n) is 3.91. The second-order valence-electron chi connectivity index (χ2n) is 7.80. The molecule has 0 unspecified atom stereocenters. The summed E-state index contributed by atoms with van der Waals surface area (Å²) in [4.78, 5) is 39.4. The van der Waals surface area contributed by atoms with E-state index < -0.39 is 35.7 Å². The maximum absolute atomic E-state index is 13.4. The zero-order valence-electron chi connectivity index (χ0n) is 17.7. The highest BCUT2D eigenvalue weighted by atomic mass is 19.1. The first-order valence-corrected chi connectivity index (χ1v) is 10.5. The molecule has 168 valence electrons. The van der Waals surface area contributed by atoms with Gasteiger partial charge in [-0.3, -0.25) is 14.5 Å². The lowest BCUT2D eigenvalue weighted by Gasteiger charge is -2.27. The molecule has 1 saturated heterocycles. The van der Waals surface area contributed by atoms with E-state index in [1.54, 1.807) is 18.2 Å². The Morgan fingerprint density at radius 3 is 2.66 bits per heavy atom. The summed E-state index contributed by atoms with van der Waals surface area (Å²) in [6, 6.07) is 10.2. The Bertz CT molecular complexity index is 1040. The summed E-state index contributed by atoms with van der Waals surface area (Å²) in [5.41, 5.74) is -0.0179. The number of fused-ring (bicyclic) bond motifs is 1. The number of rotatable bonds is 8. The van der Waals surface area contributed by atoms with Gasteiger partial charge < -0.3 is 20.1 Å². The maximum atomic E-state index is 13.4. The molecule has 0 aromatic heterocycles. The van der Waals surface area contributed by atoms with Crippen molar-refractivity contribution in [2.75, 3.05) is 13.3 Å². The molecule has 1 atom stereocenters. The molecule has 2 heterocycles. The van der Waals surface area contributed by atoms with Crippen molar-refractivity contribution in [3.05, 3.63) is 59.4 Å². The van der Waals surface area contributed by atoms with Gasteiger partial charge in [-0.1, -0.05) is 38.0 Å². The molecular weight excluding hydrogens is 417 g/mol. The topological polar surface area (TPSA) is 97.0 Å². The summed E-state index contributed by atoms with van der Waals surface area (Å²) >= 11 is 0. The number of ether oxygens (including phenoxy) is 2. The predicted molar refractivity (Wildman–Crippen MR) is 112 cm³/mol. The molecule has 0 aliphatic carbocycles. The van der Waals surface area contributed by atoms with Crippen LogP contribution < -0.4 is 20.1 Å². The van der Waals surface area contributed by atoms with Gasteiger partial charge in [0, 0.05) is 6.54 Å². The van der Waals surface area contributed by atoms with Crippen LogP contribution in [0, 0.1) is 5.82 Å². The van der Waals surface area contributed by atoms with E-state index in [9.17, 15) is 18.8 Å². The number of hydrogen-bond acceptors (Lipinski definition) is 5. The minimum Gasteiger partial charge on any atom is -0.454 e. The first-order valence-electron chi connectivity index (χ1n) is 10.5.